The molecule has 0 amide bonds. The molecule has 1 fully saturated rings. The zero-order valence-corrected chi connectivity index (χ0v) is 16.3. The molecule has 2 aliphatic rings. The van der Waals surface area contributed by atoms with Crippen molar-refractivity contribution in [2.75, 3.05) is 33.9 Å². The normalized spacial score (nSPS) is 25.4. The molecule has 0 radical (unpaired) electrons. The quantitative estimate of drug-likeness (QED) is 0.818. The minimum Gasteiger partial charge on any atom is -0.493 e. The Morgan fingerprint density at radius 1 is 0.960 bits per heavy atom. The summed E-state index contributed by atoms with van der Waals surface area (Å²) >= 11 is 0. The minimum absolute atomic E-state index is 0.386. The van der Waals surface area contributed by atoms with Gasteiger partial charge in [-0.25, -0.2) is 0 Å². The van der Waals surface area contributed by atoms with Gasteiger partial charge in [-0.15, -0.1) is 0 Å². The number of ether oxygens (including phenoxy) is 2. The molecule has 25 heavy (non-hydrogen) atoms. The molecule has 2 heterocycles. The van der Waals surface area contributed by atoms with Crippen molar-refractivity contribution in [3.05, 3.63) is 23.3 Å². The van der Waals surface area contributed by atoms with Gasteiger partial charge in [-0.2, -0.15) is 17.0 Å². The van der Waals surface area contributed by atoms with Crippen LogP contribution in [0.15, 0.2) is 12.1 Å². The van der Waals surface area contributed by atoms with Gasteiger partial charge < -0.3 is 9.47 Å². The molecule has 1 aromatic rings. The summed E-state index contributed by atoms with van der Waals surface area (Å²) < 4.78 is 40.2. The van der Waals surface area contributed by atoms with Crippen LogP contribution in [-0.4, -0.2) is 50.9 Å². The zero-order valence-electron chi connectivity index (χ0n) is 15.5. The molecule has 1 aromatic carbocycles. The number of benzene rings is 1. The molecular formula is C18H28N2O4S. The van der Waals surface area contributed by atoms with E-state index in [9.17, 15) is 8.42 Å². The smallest absolute Gasteiger partial charge is 0.282 e. The first-order chi connectivity index (χ1) is 11.8. The first kappa shape index (κ1) is 18.5. The average Bonchev–Trinajstić information content (AvgIpc) is 2.59. The highest BCUT2D eigenvalue weighted by atomic mass is 32.2. The van der Waals surface area contributed by atoms with Gasteiger partial charge in [0, 0.05) is 26.2 Å². The summed E-state index contributed by atoms with van der Waals surface area (Å²) in [5.41, 5.74) is 2.12. The summed E-state index contributed by atoms with van der Waals surface area (Å²) in [6, 6.07) is 3.86. The Bertz CT molecular complexity index is 725. The molecular weight excluding hydrogens is 340 g/mol. The minimum atomic E-state index is -3.43. The second-order valence-electron chi connectivity index (χ2n) is 7.33. The van der Waals surface area contributed by atoms with Crippen molar-refractivity contribution in [2.24, 2.45) is 11.8 Å². The van der Waals surface area contributed by atoms with Crippen LogP contribution in [0.4, 0.5) is 0 Å². The maximum Gasteiger partial charge on any atom is 0.282 e. The lowest BCUT2D eigenvalue weighted by Gasteiger charge is -2.38. The van der Waals surface area contributed by atoms with E-state index in [1.165, 1.54) is 0 Å². The predicted octanol–water partition coefficient (Wildman–Crippen LogP) is 2.28. The van der Waals surface area contributed by atoms with Crippen LogP contribution in [0.25, 0.3) is 0 Å². The van der Waals surface area contributed by atoms with E-state index >= 15 is 0 Å². The lowest BCUT2D eigenvalue weighted by Crippen LogP contribution is -2.50. The third-order valence-corrected chi connectivity index (χ3v) is 7.09. The van der Waals surface area contributed by atoms with Crippen LogP contribution >= 0.6 is 0 Å². The van der Waals surface area contributed by atoms with E-state index in [1.54, 1.807) is 22.8 Å². The number of rotatable bonds is 4. The zero-order chi connectivity index (χ0) is 18.2. The highest BCUT2D eigenvalue weighted by molar-refractivity contribution is 7.86. The van der Waals surface area contributed by atoms with E-state index in [2.05, 4.69) is 13.8 Å². The van der Waals surface area contributed by atoms with E-state index in [-0.39, 0.29) is 0 Å². The SMILES string of the molecule is COc1cc2c(cc1OC)CN(S(=O)(=O)N1C[C@H](C)C[C@H](C)C1)CC2. The van der Waals surface area contributed by atoms with Crippen molar-refractivity contribution < 1.29 is 17.9 Å². The van der Waals surface area contributed by atoms with Gasteiger partial charge in [-0.3, -0.25) is 0 Å². The summed E-state index contributed by atoms with van der Waals surface area (Å²) in [5.74, 6) is 2.14. The summed E-state index contributed by atoms with van der Waals surface area (Å²) in [7, 11) is -0.225. The van der Waals surface area contributed by atoms with Gasteiger partial charge in [0.2, 0.25) is 0 Å². The van der Waals surface area contributed by atoms with Gasteiger partial charge in [0.25, 0.3) is 10.2 Å². The van der Waals surface area contributed by atoms with Crippen LogP contribution in [0.3, 0.4) is 0 Å². The molecule has 0 N–H and O–H groups in total. The maximum atomic E-state index is 13.1. The third kappa shape index (κ3) is 3.64. The Hall–Kier alpha value is -1.31. The summed E-state index contributed by atoms with van der Waals surface area (Å²) in [6.07, 6.45) is 1.78. The van der Waals surface area contributed by atoms with E-state index in [0.717, 1.165) is 17.5 Å². The molecule has 0 unspecified atom stereocenters. The van der Waals surface area contributed by atoms with Crippen molar-refractivity contribution in [3.8, 4) is 11.5 Å². The summed E-state index contributed by atoms with van der Waals surface area (Å²) in [4.78, 5) is 0. The fraction of sp³-hybridized carbons (Fsp3) is 0.667. The van der Waals surface area contributed by atoms with Gasteiger partial charge in [0.15, 0.2) is 11.5 Å². The van der Waals surface area contributed by atoms with Crippen LogP contribution in [0.1, 0.15) is 31.4 Å². The molecule has 140 valence electrons. The van der Waals surface area contributed by atoms with Crippen LogP contribution in [0.5, 0.6) is 11.5 Å². The number of hydrogen-bond acceptors (Lipinski definition) is 4. The van der Waals surface area contributed by atoms with E-state index in [1.807, 2.05) is 12.1 Å². The number of nitrogens with zero attached hydrogens (tertiary/aromatic N) is 2. The molecule has 1 saturated heterocycles. The molecule has 0 spiro atoms. The van der Waals surface area contributed by atoms with Crippen molar-refractivity contribution in [2.45, 2.75) is 33.2 Å². The van der Waals surface area contributed by atoms with Crippen molar-refractivity contribution in [1.29, 1.82) is 0 Å². The van der Waals surface area contributed by atoms with Crippen LogP contribution in [0, 0.1) is 11.8 Å². The first-order valence-corrected chi connectivity index (χ1v) is 10.2. The maximum absolute atomic E-state index is 13.1. The fourth-order valence-corrected chi connectivity index (χ4v) is 5.85. The Morgan fingerprint density at radius 2 is 1.52 bits per heavy atom. The fourth-order valence-electron chi connectivity index (χ4n) is 4.01. The van der Waals surface area contributed by atoms with Gasteiger partial charge in [-0.1, -0.05) is 13.8 Å². The van der Waals surface area contributed by atoms with Crippen LogP contribution in [0.2, 0.25) is 0 Å². The molecule has 3 rings (SSSR count). The Morgan fingerprint density at radius 3 is 2.08 bits per heavy atom. The molecule has 7 heteroatoms. The second-order valence-corrected chi connectivity index (χ2v) is 9.26. The van der Waals surface area contributed by atoms with Crippen molar-refractivity contribution in [1.82, 2.24) is 8.61 Å². The molecule has 2 atom stereocenters. The van der Waals surface area contributed by atoms with Crippen LogP contribution < -0.4 is 9.47 Å². The first-order valence-electron chi connectivity index (χ1n) is 8.84. The second kappa shape index (κ2) is 7.13. The van der Waals surface area contributed by atoms with Crippen LogP contribution in [-0.2, 0) is 23.2 Å². The predicted molar refractivity (Wildman–Crippen MR) is 97.1 cm³/mol. The molecule has 0 saturated carbocycles. The van der Waals surface area contributed by atoms with Gasteiger partial charge in [0.1, 0.15) is 0 Å². The number of hydrogen-bond donors (Lipinski definition) is 0. The van der Waals surface area contributed by atoms with E-state index < -0.39 is 10.2 Å². The number of piperidine rings is 1. The summed E-state index contributed by atoms with van der Waals surface area (Å²) in [5, 5.41) is 0. The van der Waals surface area contributed by atoms with Crippen molar-refractivity contribution >= 4 is 10.2 Å². The lowest BCUT2D eigenvalue weighted by molar-refractivity contribution is 0.206. The Labute approximate surface area is 150 Å². The molecule has 2 aliphatic heterocycles. The average molecular weight is 368 g/mol. The molecule has 6 nitrogen and oxygen atoms in total. The topological polar surface area (TPSA) is 59.1 Å². The van der Waals surface area contributed by atoms with Gasteiger partial charge in [0.05, 0.1) is 14.2 Å². The Kier molecular flexibility index (Phi) is 5.27. The largest absolute Gasteiger partial charge is 0.493 e. The lowest BCUT2D eigenvalue weighted by atomic mass is 9.94. The van der Waals surface area contributed by atoms with Crippen molar-refractivity contribution in [3.63, 3.8) is 0 Å². The van der Waals surface area contributed by atoms with Gasteiger partial charge >= 0.3 is 0 Å². The highest BCUT2D eigenvalue weighted by Crippen LogP contribution is 2.34. The van der Waals surface area contributed by atoms with E-state index in [4.69, 9.17) is 9.47 Å². The monoisotopic (exact) mass is 368 g/mol. The van der Waals surface area contributed by atoms with E-state index in [0.29, 0.717) is 55.9 Å². The number of methoxy groups -OCH3 is 2. The molecule has 0 aromatic heterocycles. The molecule has 0 bridgehead atoms. The highest BCUT2D eigenvalue weighted by Gasteiger charge is 2.36. The standard InChI is InChI=1S/C18H28N2O4S/c1-13-7-14(2)11-20(10-13)25(21,22)19-6-5-15-8-17(23-3)18(24-4)9-16(15)12-19/h8-9,13-14H,5-7,10-12H2,1-4H3/t13-,14+. The summed E-state index contributed by atoms with van der Waals surface area (Å²) in [6.45, 7) is 6.37. The number of fused-ring (bicyclic) bond motifs is 1. The van der Waals surface area contributed by atoms with Gasteiger partial charge in [-0.05, 0) is 47.9 Å². The third-order valence-electron chi connectivity index (χ3n) is 5.17. The Balaban J connectivity index is 1.84. The molecule has 0 aliphatic carbocycles.